The Morgan fingerprint density at radius 2 is 2.00 bits per heavy atom. The first-order valence-corrected chi connectivity index (χ1v) is 7.28. The van der Waals surface area contributed by atoms with Crippen molar-refractivity contribution in [3.8, 4) is 0 Å². The van der Waals surface area contributed by atoms with Gasteiger partial charge in [-0.05, 0) is 44.9 Å². The van der Waals surface area contributed by atoms with Gasteiger partial charge in [0, 0.05) is 12.2 Å². The van der Waals surface area contributed by atoms with Crippen LogP contribution in [0, 0.1) is 0 Å². The van der Waals surface area contributed by atoms with Gasteiger partial charge in [0.2, 0.25) is 0 Å². The third-order valence-electron chi connectivity index (χ3n) is 2.51. The summed E-state index contributed by atoms with van der Waals surface area (Å²) < 4.78 is 0. The monoisotopic (exact) mass is 278 g/mol. The second-order valence-electron chi connectivity index (χ2n) is 4.19. The Morgan fingerprint density at radius 1 is 1.21 bits per heavy atom. The summed E-state index contributed by atoms with van der Waals surface area (Å²) in [5, 5.41) is 6.53. The van der Waals surface area contributed by atoms with E-state index in [1.807, 2.05) is 19.1 Å². The van der Waals surface area contributed by atoms with Crippen LogP contribution >= 0.6 is 12.2 Å². The van der Waals surface area contributed by atoms with Crippen LogP contribution in [0.3, 0.4) is 0 Å². The molecule has 0 rings (SSSR count). The van der Waals surface area contributed by atoms with Crippen LogP contribution in [0.4, 0.5) is 0 Å². The highest BCUT2D eigenvalue weighted by atomic mass is 32.1. The minimum atomic E-state index is 0.872. The summed E-state index contributed by atoms with van der Waals surface area (Å²) in [6.45, 7) is 8.11. The van der Waals surface area contributed by atoms with Gasteiger partial charge in [-0.2, -0.15) is 0 Å². The standard InChI is InChI=1S/C16H26N2S/c1-4-6-8-9-10-12-17-13-15(3)16(18-14-19)11-7-5-2/h4,6-9,11,14,17H,5,10,12-13H2,1-3H3,(H,18,19)/b6-4-,9-8-,11-7-,16-15+. The van der Waals surface area contributed by atoms with Gasteiger partial charge in [-0.15, -0.1) is 0 Å². The van der Waals surface area contributed by atoms with Gasteiger partial charge >= 0.3 is 0 Å². The Labute approximate surface area is 123 Å². The summed E-state index contributed by atoms with van der Waals surface area (Å²) in [6.07, 6.45) is 14.6. The molecule has 2 nitrogen and oxygen atoms in total. The zero-order valence-electron chi connectivity index (χ0n) is 12.3. The first kappa shape index (κ1) is 17.8. The topological polar surface area (TPSA) is 24.1 Å². The van der Waals surface area contributed by atoms with E-state index in [0.717, 1.165) is 31.6 Å². The molecule has 0 heterocycles. The van der Waals surface area contributed by atoms with Crippen LogP contribution in [0.2, 0.25) is 0 Å². The molecular weight excluding hydrogens is 252 g/mol. The highest BCUT2D eigenvalue weighted by Gasteiger charge is 1.97. The lowest BCUT2D eigenvalue weighted by Gasteiger charge is -2.09. The summed E-state index contributed by atoms with van der Waals surface area (Å²) in [5.74, 6) is 0. The van der Waals surface area contributed by atoms with E-state index in [1.54, 1.807) is 5.49 Å². The maximum Gasteiger partial charge on any atom is 0.0658 e. The van der Waals surface area contributed by atoms with Crippen molar-refractivity contribution in [3.63, 3.8) is 0 Å². The van der Waals surface area contributed by atoms with Crippen LogP contribution in [0.1, 0.15) is 33.6 Å². The van der Waals surface area contributed by atoms with E-state index in [2.05, 4.69) is 48.8 Å². The molecule has 2 N–H and O–H groups in total. The predicted octanol–water partition coefficient (Wildman–Crippen LogP) is 3.89. The van der Waals surface area contributed by atoms with E-state index < -0.39 is 0 Å². The second-order valence-corrected chi connectivity index (χ2v) is 4.42. The molecule has 0 aromatic heterocycles. The molecule has 3 heteroatoms. The lowest BCUT2D eigenvalue weighted by Crippen LogP contribution is -2.20. The van der Waals surface area contributed by atoms with Gasteiger partial charge in [0.25, 0.3) is 0 Å². The molecule has 0 spiro atoms. The molecule has 0 bridgehead atoms. The Balaban J connectivity index is 4.12. The Morgan fingerprint density at radius 3 is 2.63 bits per heavy atom. The second kappa shape index (κ2) is 13.2. The molecule has 19 heavy (non-hydrogen) atoms. The molecular formula is C16H26N2S. The summed E-state index contributed by atoms with van der Waals surface area (Å²) >= 11 is 4.85. The van der Waals surface area contributed by atoms with Gasteiger partial charge in [0.05, 0.1) is 5.49 Å². The molecule has 0 amide bonds. The fourth-order valence-electron chi connectivity index (χ4n) is 1.46. The van der Waals surface area contributed by atoms with Crippen molar-refractivity contribution in [1.29, 1.82) is 0 Å². The maximum atomic E-state index is 4.85. The van der Waals surface area contributed by atoms with Crippen molar-refractivity contribution in [3.05, 3.63) is 47.7 Å². The van der Waals surface area contributed by atoms with Gasteiger partial charge in [-0.25, -0.2) is 0 Å². The summed E-state index contributed by atoms with van der Waals surface area (Å²) in [6, 6.07) is 0. The first-order chi connectivity index (χ1) is 9.26. The van der Waals surface area contributed by atoms with Crippen LogP contribution in [-0.2, 0) is 0 Å². The number of hydrogen-bond donors (Lipinski definition) is 2. The van der Waals surface area contributed by atoms with Gasteiger partial charge < -0.3 is 10.6 Å². The average molecular weight is 278 g/mol. The summed E-state index contributed by atoms with van der Waals surface area (Å²) in [5.41, 5.74) is 3.91. The fraction of sp³-hybridized carbons (Fsp3) is 0.438. The maximum absolute atomic E-state index is 4.85. The smallest absolute Gasteiger partial charge is 0.0658 e. The number of nitrogens with one attached hydrogen (secondary N) is 2. The molecule has 0 aliphatic rings. The van der Waals surface area contributed by atoms with E-state index in [4.69, 9.17) is 12.2 Å². The average Bonchev–Trinajstić information content (AvgIpc) is 2.42. The molecule has 106 valence electrons. The van der Waals surface area contributed by atoms with E-state index in [9.17, 15) is 0 Å². The minimum Gasteiger partial charge on any atom is -0.353 e. The molecule has 0 aromatic carbocycles. The number of rotatable bonds is 10. The van der Waals surface area contributed by atoms with E-state index in [1.165, 1.54) is 5.57 Å². The number of allylic oxidation sites excluding steroid dienone is 5. The van der Waals surface area contributed by atoms with Gasteiger partial charge in [0.15, 0.2) is 0 Å². The third kappa shape index (κ3) is 10.4. The number of thiocarbonyl (C=S) groups is 1. The quantitative estimate of drug-likeness (QED) is 0.360. The van der Waals surface area contributed by atoms with Gasteiger partial charge in [-0.3, -0.25) is 0 Å². The van der Waals surface area contributed by atoms with Crippen LogP contribution in [0.15, 0.2) is 47.7 Å². The summed E-state index contributed by atoms with van der Waals surface area (Å²) in [7, 11) is 0. The zero-order valence-corrected chi connectivity index (χ0v) is 13.1. The van der Waals surface area contributed by atoms with Gasteiger partial charge in [0.1, 0.15) is 0 Å². The largest absolute Gasteiger partial charge is 0.353 e. The lowest BCUT2D eigenvalue weighted by molar-refractivity contribution is 0.733. The highest BCUT2D eigenvalue weighted by Crippen LogP contribution is 2.02. The van der Waals surface area contributed by atoms with Crippen molar-refractivity contribution in [2.75, 3.05) is 13.1 Å². The normalized spacial score (nSPS) is 13.4. The Bertz CT molecular complexity index is 352. The fourth-order valence-corrected chi connectivity index (χ4v) is 1.58. The molecule has 0 fully saturated rings. The molecule has 0 atom stereocenters. The molecule has 0 unspecified atom stereocenters. The van der Waals surface area contributed by atoms with E-state index in [0.29, 0.717) is 0 Å². The van der Waals surface area contributed by atoms with Crippen LogP contribution in [-0.4, -0.2) is 18.6 Å². The van der Waals surface area contributed by atoms with Crippen LogP contribution in [0.5, 0.6) is 0 Å². The Kier molecular flexibility index (Phi) is 12.4. The molecule has 0 aromatic rings. The van der Waals surface area contributed by atoms with Crippen LogP contribution in [0.25, 0.3) is 0 Å². The Hall–Kier alpha value is -1.19. The molecule has 0 aliphatic heterocycles. The zero-order chi connectivity index (χ0) is 14.3. The molecule has 0 saturated carbocycles. The van der Waals surface area contributed by atoms with Gasteiger partial charge in [-0.1, -0.05) is 49.5 Å². The van der Waals surface area contributed by atoms with Crippen LogP contribution < -0.4 is 10.6 Å². The van der Waals surface area contributed by atoms with E-state index in [-0.39, 0.29) is 0 Å². The van der Waals surface area contributed by atoms with Crippen molar-refractivity contribution in [2.24, 2.45) is 0 Å². The first-order valence-electron chi connectivity index (χ1n) is 6.81. The SMILES string of the molecule is C/C=C\C=C/CCNC/C(C)=C(\C=C/CC)NC=S. The molecule has 0 radical (unpaired) electrons. The summed E-state index contributed by atoms with van der Waals surface area (Å²) in [4.78, 5) is 0. The molecule has 0 saturated heterocycles. The van der Waals surface area contributed by atoms with Crippen molar-refractivity contribution in [2.45, 2.75) is 33.6 Å². The van der Waals surface area contributed by atoms with E-state index >= 15 is 0 Å². The lowest BCUT2D eigenvalue weighted by atomic mass is 10.2. The van der Waals surface area contributed by atoms with Crippen molar-refractivity contribution in [1.82, 2.24) is 10.6 Å². The predicted molar refractivity (Wildman–Crippen MR) is 90.4 cm³/mol. The van der Waals surface area contributed by atoms with Crippen molar-refractivity contribution < 1.29 is 0 Å². The number of hydrogen-bond acceptors (Lipinski definition) is 2. The molecule has 0 aliphatic carbocycles. The highest BCUT2D eigenvalue weighted by molar-refractivity contribution is 7.78. The third-order valence-corrected chi connectivity index (χ3v) is 2.63. The van der Waals surface area contributed by atoms with Crippen molar-refractivity contribution >= 4 is 17.7 Å². The minimum absolute atomic E-state index is 0.872.